The Morgan fingerprint density at radius 3 is 2.40 bits per heavy atom. The van der Waals surface area contributed by atoms with E-state index >= 15 is 0 Å². The lowest BCUT2D eigenvalue weighted by molar-refractivity contribution is -0.115. The molecule has 0 aromatic rings. The van der Waals surface area contributed by atoms with Gasteiger partial charge in [-0.1, -0.05) is 13.5 Å². The maximum atomic E-state index is 10.5. The van der Waals surface area contributed by atoms with Crippen LogP contribution in [0.1, 0.15) is 13.3 Å². The monoisotopic (exact) mass is 143 g/mol. The summed E-state index contributed by atoms with van der Waals surface area (Å²) in [5, 5.41) is 0. The zero-order valence-electron chi connectivity index (χ0n) is 6.39. The maximum absolute atomic E-state index is 10.5. The van der Waals surface area contributed by atoms with Crippen LogP contribution in [0, 0.1) is 0 Å². The highest BCUT2D eigenvalue weighted by molar-refractivity contribution is 5.92. The molecule has 58 valence electrons. The smallest absolute Gasteiger partial charge is 0.246 e. The fraction of sp³-hybridized carbons (Fsp3) is 0.571. The molecule has 10 heavy (non-hydrogen) atoms. The highest BCUT2D eigenvalue weighted by atomic mass is 16.5. The summed E-state index contributed by atoms with van der Waals surface area (Å²) < 4.78 is 4.92. The molecule has 0 aliphatic heterocycles. The Hall–Kier alpha value is -0.830. The Balaban J connectivity index is 4.02. The van der Waals surface area contributed by atoms with Crippen LogP contribution in [-0.2, 0) is 9.53 Å². The molecule has 0 bridgehead atoms. The average Bonchev–Trinajstić information content (AvgIpc) is 1.90. The molecule has 0 rings (SSSR count). The highest BCUT2D eigenvalue weighted by Gasteiger charge is 2.12. The molecule has 0 unspecified atom stereocenters. The highest BCUT2D eigenvalue weighted by Crippen LogP contribution is 2.06. The molecule has 0 saturated carbocycles. The third kappa shape index (κ3) is 2.19. The van der Waals surface area contributed by atoms with Gasteiger partial charge in [-0.2, -0.15) is 0 Å². The summed E-state index contributed by atoms with van der Waals surface area (Å²) in [4.78, 5) is 10.5. The molecule has 1 atom stereocenters. The van der Waals surface area contributed by atoms with Crippen molar-refractivity contribution in [3.63, 3.8) is 0 Å². The fourth-order valence-corrected chi connectivity index (χ4v) is 0.714. The van der Waals surface area contributed by atoms with Crippen LogP contribution in [0.25, 0.3) is 0 Å². The normalized spacial score (nSPS) is 12.6. The van der Waals surface area contributed by atoms with Gasteiger partial charge in [-0.3, -0.25) is 4.79 Å². The van der Waals surface area contributed by atoms with Crippen molar-refractivity contribution < 1.29 is 9.53 Å². The second-order valence-electron chi connectivity index (χ2n) is 2.02. The van der Waals surface area contributed by atoms with Gasteiger partial charge in [-0.25, -0.2) is 0 Å². The average molecular weight is 143 g/mol. The van der Waals surface area contributed by atoms with Crippen molar-refractivity contribution in [3.8, 4) is 0 Å². The summed E-state index contributed by atoms with van der Waals surface area (Å²) in [5.41, 5.74) is 5.31. The Morgan fingerprint density at radius 2 is 2.30 bits per heavy atom. The number of amides is 1. The molecule has 0 spiro atoms. The Kier molecular flexibility index (Phi) is 3.72. The third-order valence-corrected chi connectivity index (χ3v) is 1.36. The first-order chi connectivity index (χ1) is 4.63. The standard InChI is InChI=1S/C7H13NO2/c1-4-6(10-3)5(2)7(8)9/h6H,2,4H2,1,3H3,(H2,8,9)/t6-/m1/s1. The summed E-state index contributed by atoms with van der Waals surface area (Å²) in [6.45, 7) is 5.40. The van der Waals surface area contributed by atoms with Crippen LogP contribution < -0.4 is 5.73 Å². The van der Waals surface area contributed by atoms with E-state index in [4.69, 9.17) is 10.5 Å². The molecule has 0 saturated heterocycles. The van der Waals surface area contributed by atoms with Crippen LogP contribution in [0.5, 0.6) is 0 Å². The molecule has 0 aliphatic carbocycles. The maximum Gasteiger partial charge on any atom is 0.246 e. The number of methoxy groups -OCH3 is 1. The second kappa shape index (κ2) is 4.06. The minimum Gasteiger partial charge on any atom is -0.377 e. The zero-order chi connectivity index (χ0) is 8.15. The first kappa shape index (κ1) is 9.17. The number of ether oxygens (including phenoxy) is 1. The number of nitrogens with two attached hydrogens (primary N) is 1. The lowest BCUT2D eigenvalue weighted by Gasteiger charge is -2.12. The van der Waals surface area contributed by atoms with Crippen LogP contribution in [0.2, 0.25) is 0 Å². The Morgan fingerprint density at radius 1 is 1.80 bits per heavy atom. The minimum absolute atomic E-state index is 0.225. The molecule has 0 fully saturated rings. The number of hydrogen-bond acceptors (Lipinski definition) is 2. The van der Waals surface area contributed by atoms with Crippen LogP contribution in [-0.4, -0.2) is 19.1 Å². The Labute approximate surface area is 60.9 Å². The lowest BCUT2D eigenvalue weighted by Crippen LogP contribution is -2.24. The van der Waals surface area contributed by atoms with Gasteiger partial charge in [-0.05, 0) is 6.42 Å². The summed E-state index contributed by atoms with van der Waals surface area (Å²) in [6, 6.07) is 0. The molecule has 1 amide bonds. The van der Waals surface area contributed by atoms with Crippen molar-refractivity contribution in [1.29, 1.82) is 0 Å². The second-order valence-corrected chi connectivity index (χ2v) is 2.02. The van der Waals surface area contributed by atoms with E-state index in [1.807, 2.05) is 6.92 Å². The summed E-state index contributed by atoms with van der Waals surface area (Å²) in [7, 11) is 1.53. The van der Waals surface area contributed by atoms with Gasteiger partial charge in [0, 0.05) is 12.7 Å². The van der Waals surface area contributed by atoms with E-state index in [1.165, 1.54) is 7.11 Å². The van der Waals surface area contributed by atoms with Gasteiger partial charge in [0.1, 0.15) is 0 Å². The SMILES string of the molecule is C=C(C(N)=O)[C@@H](CC)OC. The zero-order valence-corrected chi connectivity index (χ0v) is 6.39. The van der Waals surface area contributed by atoms with Crippen molar-refractivity contribution in [2.75, 3.05) is 7.11 Å². The van der Waals surface area contributed by atoms with Crippen LogP contribution in [0.15, 0.2) is 12.2 Å². The van der Waals surface area contributed by atoms with Gasteiger partial charge in [0.05, 0.1) is 6.10 Å². The van der Waals surface area contributed by atoms with Crippen molar-refractivity contribution in [2.24, 2.45) is 5.73 Å². The summed E-state index contributed by atoms with van der Waals surface area (Å²) >= 11 is 0. The minimum atomic E-state index is -0.492. The largest absolute Gasteiger partial charge is 0.377 e. The molecule has 0 aromatic carbocycles. The Bertz CT molecular complexity index is 139. The molecule has 0 aliphatic rings. The fourth-order valence-electron chi connectivity index (χ4n) is 0.714. The van der Waals surface area contributed by atoms with Crippen molar-refractivity contribution in [3.05, 3.63) is 12.2 Å². The molecule has 3 heteroatoms. The van der Waals surface area contributed by atoms with E-state index in [1.54, 1.807) is 0 Å². The molecule has 2 N–H and O–H groups in total. The number of carbonyl (C=O) groups is 1. The third-order valence-electron chi connectivity index (χ3n) is 1.36. The van der Waals surface area contributed by atoms with E-state index in [-0.39, 0.29) is 6.10 Å². The predicted octanol–water partition coefficient (Wildman–Crippen LogP) is 0.453. The van der Waals surface area contributed by atoms with Gasteiger partial charge in [0.25, 0.3) is 0 Å². The number of hydrogen-bond donors (Lipinski definition) is 1. The number of primary amides is 1. The molecule has 3 nitrogen and oxygen atoms in total. The van der Waals surface area contributed by atoms with Crippen LogP contribution >= 0.6 is 0 Å². The van der Waals surface area contributed by atoms with Crippen molar-refractivity contribution in [1.82, 2.24) is 0 Å². The molecule has 0 aromatic heterocycles. The number of carbonyl (C=O) groups excluding carboxylic acids is 1. The van der Waals surface area contributed by atoms with E-state index < -0.39 is 5.91 Å². The molecular weight excluding hydrogens is 130 g/mol. The van der Waals surface area contributed by atoms with E-state index in [0.717, 1.165) is 6.42 Å². The van der Waals surface area contributed by atoms with Gasteiger partial charge < -0.3 is 10.5 Å². The van der Waals surface area contributed by atoms with E-state index in [0.29, 0.717) is 5.57 Å². The summed E-state index contributed by atoms with van der Waals surface area (Å²) in [6.07, 6.45) is 0.496. The molecule has 0 radical (unpaired) electrons. The molecule has 0 heterocycles. The summed E-state index contributed by atoms with van der Waals surface area (Å²) in [5.74, 6) is -0.492. The predicted molar refractivity (Wildman–Crippen MR) is 39.4 cm³/mol. The van der Waals surface area contributed by atoms with Gasteiger partial charge in [0.2, 0.25) is 5.91 Å². The van der Waals surface area contributed by atoms with Gasteiger partial charge >= 0.3 is 0 Å². The molecular formula is C7H13NO2. The number of rotatable bonds is 4. The first-order valence-corrected chi connectivity index (χ1v) is 3.14. The topological polar surface area (TPSA) is 52.3 Å². The van der Waals surface area contributed by atoms with Crippen molar-refractivity contribution >= 4 is 5.91 Å². The van der Waals surface area contributed by atoms with Crippen LogP contribution in [0.3, 0.4) is 0 Å². The van der Waals surface area contributed by atoms with Crippen LogP contribution in [0.4, 0.5) is 0 Å². The first-order valence-electron chi connectivity index (χ1n) is 3.14. The van der Waals surface area contributed by atoms with Crippen molar-refractivity contribution in [2.45, 2.75) is 19.4 Å². The lowest BCUT2D eigenvalue weighted by atomic mass is 10.1. The van der Waals surface area contributed by atoms with Gasteiger partial charge in [-0.15, -0.1) is 0 Å². The van der Waals surface area contributed by atoms with E-state index in [2.05, 4.69) is 6.58 Å². The van der Waals surface area contributed by atoms with Gasteiger partial charge in [0.15, 0.2) is 0 Å². The quantitative estimate of drug-likeness (QED) is 0.581. The van der Waals surface area contributed by atoms with E-state index in [9.17, 15) is 4.79 Å².